The van der Waals surface area contributed by atoms with Crippen LogP contribution in [0.25, 0.3) is 10.9 Å². The standard InChI is InChI=1S/C31H42ClN3O3/c1-20(2)21-8-10-30(3)29(16-21)36-31(38-37-30)18-22-14-25(15-23(22)19-31)33-11-4-5-12-34-27-9-13-35-28-17-24(32)6-7-26(27)28/h6-7,9,13,16-17,20,22-23,25,29,33H,4-5,8,10-12,14-15,18-19H2,1-3H3,(H,34,35). The molecule has 4 aliphatic rings. The second kappa shape index (κ2) is 10.7. The lowest BCUT2D eigenvalue weighted by molar-refractivity contribution is -0.521. The summed E-state index contributed by atoms with van der Waals surface area (Å²) in [5.74, 6) is 1.29. The van der Waals surface area contributed by atoms with Gasteiger partial charge < -0.3 is 15.4 Å². The molecule has 7 heteroatoms. The summed E-state index contributed by atoms with van der Waals surface area (Å²) in [5, 5.41) is 9.24. The molecule has 0 radical (unpaired) electrons. The predicted octanol–water partition coefficient (Wildman–Crippen LogP) is 7.04. The van der Waals surface area contributed by atoms with Crippen molar-refractivity contribution in [2.45, 2.75) is 95.7 Å². The Morgan fingerprint density at radius 1 is 1.08 bits per heavy atom. The van der Waals surface area contributed by atoms with Gasteiger partial charge in [0, 0.05) is 47.7 Å². The van der Waals surface area contributed by atoms with E-state index in [2.05, 4.69) is 42.5 Å². The van der Waals surface area contributed by atoms with E-state index in [1.54, 1.807) is 0 Å². The van der Waals surface area contributed by atoms with Crippen LogP contribution in [0.5, 0.6) is 0 Å². The number of nitrogens with one attached hydrogen (secondary N) is 2. The predicted molar refractivity (Wildman–Crippen MR) is 152 cm³/mol. The van der Waals surface area contributed by atoms with E-state index in [9.17, 15) is 0 Å². The van der Waals surface area contributed by atoms with Crippen molar-refractivity contribution in [3.63, 3.8) is 0 Å². The first-order valence-corrected chi connectivity index (χ1v) is 15.0. The molecule has 2 heterocycles. The molecule has 1 aromatic carbocycles. The topological polar surface area (TPSA) is 64.6 Å². The van der Waals surface area contributed by atoms with Crippen LogP contribution in [0, 0.1) is 17.8 Å². The molecule has 2 saturated carbocycles. The van der Waals surface area contributed by atoms with E-state index in [0.29, 0.717) is 23.8 Å². The van der Waals surface area contributed by atoms with E-state index in [0.717, 1.165) is 73.2 Å². The number of hydrogen-bond acceptors (Lipinski definition) is 6. The summed E-state index contributed by atoms with van der Waals surface area (Å²) >= 11 is 6.11. The number of anilines is 1. The Morgan fingerprint density at radius 2 is 1.87 bits per heavy atom. The maximum Gasteiger partial charge on any atom is 0.202 e. The normalized spacial score (nSPS) is 34.5. The van der Waals surface area contributed by atoms with Crippen LogP contribution < -0.4 is 10.6 Å². The van der Waals surface area contributed by atoms with Gasteiger partial charge in [0.15, 0.2) is 0 Å². The number of hydrogen-bond donors (Lipinski definition) is 2. The van der Waals surface area contributed by atoms with Gasteiger partial charge in [0.05, 0.1) is 5.52 Å². The highest BCUT2D eigenvalue weighted by atomic mass is 35.5. The largest absolute Gasteiger partial charge is 0.384 e. The second-order valence-corrected chi connectivity index (χ2v) is 13.0. The average molecular weight is 540 g/mol. The van der Waals surface area contributed by atoms with Gasteiger partial charge in [0.25, 0.3) is 0 Å². The zero-order valence-electron chi connectivity index (χ0n) is 23.0. The van der Waals surface area contributed by atoms with Gasteiger partial charge in [-0.2, -0.15) is 0 Å². The van der Waals surface area contributed by atoms with E-state index in [1.807, 2.05) is 30.5 Å². The van der Waals surface area contributed by atoms with Gasteiger partial charge >= 0.3 is 0 Å². The quantitative estimate of drug-likeness (QED) is 0.213. The number of fused-ring (bicyclic) bond motifs is 3. The van der Waals surface area contributed by atoms with Crippen LogP contribution in [-0.2, 0) is 14.5 Å². The molecule has 206 valence electrons. The van der Waals surface area contributed by atoms with Crippen molar-refractivity contribution in [1.82, 2.24) is 10.3 Å². The maximum absolute atomic E-state index is 6.73. The van der Waals surface area contributed by atoms with Gasteiger partial charge in [-0.1, -0.05) is 37.1 Å². The fraction of sp³-hybridized carbons (Fsp3) is 0.645. The molecule has 0 amide bonds. The van der Waals surface area contributed by atoms with E-state index >= 15 is 0 Å². The fourth-order valence-electron chi connectivity index (χ4n) is 7.12. The van der Waals surface area contributed by atoms with Crippen molar-refractivity contribution in [1.29, 1.82) is 0 Å². The average Bonchev–Trinajstić information content (AvgIpc) is 3.41. The van der Waals surface area contributed by atoms with E-state index in [-0.39, 0.29) is 11.7 Å². The van der Waals surface area contributed by atoms with Gasteiger partial charge in [-0.15, -0.1) is 0 Å². The summed E-state index contributed by atoms with van der Waals surface area (Å²) in [7, 11) is 0. The number of ether oxygens (including phenoxy) is 1. The van der Waals surface area contributed by atoms with Gasteiger partial charge in [-0.25, -0.2) is 9.78 Å². The zero-order chi connectivity index (χ0) is 26.3. The van der Waals surface area contributed by atoms with Crippen molar-refractivity contribution in [3.8, 4) is 0 Å². The Balaban J connectivity index is 0.933. The summed E-state index contributed by atoms with van der Waals surface area (Å²) in [6, 6.07) is 8.51. The maximum atomic E-state index is 6.73. The molecule has 4 unspecified atom stereocenters. The summed E-state index contributed by atoms with van der Waals surface area (Å²) in [6.07, 6.45) is 12.8. The first kappa shape index (κ1) is 26.5. The number of unbranched alkanes of at least 4 members (excludes halogenated alkanes) is 1. The Bertz CT molecular complexity index is 1170. The molecular weight excluding hydrogens is 498 g/mol. The third-order valence-electron chi connectivity index (χ3n) is 9.39. The van der Waals surface area contributed by atoms with E-state index < -0.39 is 5.79 Å². The molecular formula is C31H42ClN3O3. The molecule has 1 aliphatic heterocycles. The monoisotopic (exact) mass is 539 g/mol. The number of aromatic nitrogens is 1. The lowest BCUT2D eigenvalue weighted by Crippen LogP contribution is -2.56. The fourth-order valence-corrected chi connectivity index (χ4v) is 7.29. The highest BCUT2D eigenvalue weighted by Crippen LogP contribution is 2.54. The number of pyridine rings is 1. The SMILES string of the molecule is CC(C)C1=CC2OC3(CC4CC(NCCCCNc5ccnc6cc(Cl)ccc56)CC4C3)OOC2(C)CC1. The van der Waals surface area contributed by atoms with Crippen LogP contribution in [0.1, 0.15) is 72.1 Å². The number of allylic oxidation sites excluding steroid dienone is 1. The molecule has 1 aromatic heterocycles. The van der Waals surface area contributed by atoms with Gasteiger partial charge in [0.1, 0.15) is 11.7 Å². The molecule has 2 aromatic rings. The molecule has 1 saturated heterocycles. The molecule has 6 nitrogen and oxygen atoms in total. The Kier molecular flexibility index (Phi) is 7.47. The molecule has 3 aliphatic carbocycles. The molecule has 3 fully saturated rings. The van der Waals surface area contributed by atoms with Crippen molar-refractivity contribution < 1.29 is 14.5 Å². The van der Waals surface area contributed by atoms with Crippen molar-refractivity contribution in [2.24, 2.45) is 17.8 Å². The van der Waals surface area contributed by atoms with E-state index in [4.69, 9.17) is 26.1 Å². The first-order valence-electron chi connectivity index (χ1n) is 14.6. The minimum atomic E-state index is -0.561. The van der Waals surface area contributed by atoms with Crippen molar-refractivity contribution in [3.05, 3.63) is 47.1 Å². The molecule has 38 heavy (non-hydrogen) atoms. The highest BCUT2D eigenvalue weighted by molar-refractivity contribution is 6.31. The van der Waals surface area contributed by atoms with E-state index in [1.165, 1.54) is 18.4 Å². The molecule has 6 rings (SSSR count). The lowest BCUT2D eigenvalue weighted by atomic mass is 9.80. The molecule has 1 spiro atoms. The zero-order valence-corrected chi connectivity index (χ0v) is 23.7. The van der Waals surface area contributed by atoms with Gasteiger partial charge in [-0.3, -0.25) is 4.98 Å². The van der Waals surface area contributed by atoms with Crippen LogP contribution in [0.4, 0.5) is 5.69 Å². The molecule has 2 N–H and O–H groups in total. The Morgan fingerprint density at radius 3 is 2.66 bits per heavy atom. The third kappa shape index (κ3) is 5.35. The third-order valence-corrected chi connectivity index (χ3v) is 9.62. The Hall–Kier alpha value is -1.70. The number of halogens is 1. The second-order valence-electron chi connectivity index (χ2n) is 12.5. The highest BCUT2D eigenvalue weighted by Gasteiger charge is 2.58. The summed E-state index contributed by atoms with van der Waals surface area (Å²) in [5.41, 5.74) is 3.18. The van der Waals surface area contributed by atoms with Crippen molar-refractivity contribution >= 4 is 28.2 Å². The summed E-state index contributed by atoms with van der Waals surface area (Å²) < 4.78 is 6.73. The minimum absolute atomic E-state index is 0.00769. The van der Waals surface area contributed by atoms with Gasteiger partial charge in [-0.05, 0) is 94.0 Å². The number of benzene rings is 1. The summed E-state index contributed by atoms with van der Waals surface area (Å²) in [6.45, 7) is 8.69. The summed E-state index contributed by atoms with van der Waals surface area (Å²) in [4.78, 5) is 16.6. The lowest BCUT2D eigenvalue weighted by Gasteiger charge is -2.49. The molecule has 4 atom stereocenters. The van der Waals surface area contributed by atoms with Crippen LogP contribution in [0.2, 0.25) is 5.02 Å². The number of nitrogens with zero attached hydrogens (tertiary/aromatic N) is 1. The molecule has 0 bridgehead atoms. The minimum Gasteiger partial charge on any atom is -0.384 e. The smallest absolute Gasteiger partial charge is 0.202 e. The van der Waals surface area contributed by atoms with Crippen LogP contribution >= 0.6 is 11.6 Å². The van der Waals surface area contributed by atoms with Crippen LogP contribution in [0.15, 0.2) is 42.1 Å². The van der Waals surface area contributed by atoms with Crippen LogP contribution in [-0.4, -0.2) is 41.6 Å². The first-order chi connectivity index (χ1) is 18.3. The Labute approximate surface area is 231 Å². The van der Waals surface area contributed by atoms with Gasteiger partial charge in [0.2, 0.25) is 5.79 Å². The van der Waals surface area contributed by atoms with Crippen molar-refractivity contribution in [2.75, 3.05) is 18.4 Å². The van der Waals surface area contributed by atoms with Crippen LogP contribution in [0.3, 0.4) is 0 Å². The number of rotatable bonds is 8.